The molecule has 0 aromatic carbocycles. The third kappa shape index (κ3) is 1.69. The van der Waals surface area contributed by atoms with Crippen molar-refractivity contribution in [3.05, 3.63) is 29.7 Å². The Balaban J connectivity index is 2.26. The second kappa shape index (κ2) is 4.10. The number of nitrogens with zero attached hydrogens (tertiary/aromatic N) is 3. The first-order valence-electron chi connectivity index (χ1n) is 4.99. The second-order valence-corrected chi connectivity index (χ2v) is 3.51. The summed E-state index contributed by atoms with van der Waals surface area (Å²) < 4.78 is 0. The van der Waals surface area contributed by atoms with E-state index in [-0.39, 0.29) is 0 Å². The smallest absolute Gasteiger partial charge is 0.228 e. The van der Waals surface area contributed by atoms with Crippen molar-refractivity contribution in [3.8, 4) is 0 Å². The van der Waals surface area contributed by atoms with Crippen molar-refractivity contribution >= 4 is 11.5 Å². The van der Waals surface area contributed by atoms with Gasteiger partial charge in [0.1, 0.15) is 5.82 Å². The van der Waals surface area contributed by atoms with E-state index in [2.05, 4.69) is 14.7 Å². The molecule has 1 fully saturated rings. The predicted molar refractivity (Wildman–Crippen MR) is 56.6 cm³/mol. The average molecular weight is 187 g/mol. The van der Waals surface area contributed by atoms with Gasteiger partial charge in [-0.1, -0.05) is 12.1 Å². The Hall–Kier alpha value is -1.56. The Kier molecular flexibility index (Phi) is 2.64. The van der Waals surface area contributed by atoms with Crippen molar-refractivity contribution in [2.75, 3.05) is 18.0 Å². The zero-order valence-corrected chi connectivity index (χ0v) is 8.11. The summed E-state index contributed by atoms with van der Waals surface area (Å²) in [7, 11) is 0. The molecule has 0 unspecified atom stereocenters. The number of aromatic nitrogens is 1. The summed E-state index contributed by atoms with van der Waals surface area (Å²) in [5, 5.41) is 0. The van der Waals surface area contributed by atoms with Gasteiger partial charge in [-0.25, -0.2) is 4.85 Å². The number of rotatable bonds is 1. The fourth-order valence-electron chi connectivity index (χ4n) is 1.83. The molecule has 0 bridgehead atoms. The molecule has 1 aromatic heterocycles. The van der Waals surface area contributed by atoms with E-state index in [9.17, 15) is 0 Å². The molecule has 1 aromatic rings. The van der Waals surface area contributed by atoms with E-state index in [4.69, 9.17) is 6.57 Å². The van der Waals surface area contributed by atoms with E-state index in [1.165, 1.54) is 19.3 Å². The molecule has 14 heavy (non-hydrogen) atoms. The Morgan fingerprint density at radius 3 is 2.79 bits per heavy atom. The van der Waals surface area contributed by atoms with E-state index in [1.807, 2.05) is 12.1 Å². The zero-order chi connectivity index (χ0) is 9.80. The van der Waals surface area contributed by atoms with Crippen molar-refractivity contribution < 1.29 is 0 Å². The highest BCUT2D eigenvalue weighted by Gasteiger charge is 2.14. The van der Waals surface area contributed by atoms with Gasteiger partial charge in [-0.05, 0) is 19.3 Å². The monoisotopic (exact) mass is 187 g/mol. The van der Waals surface area contributed by atoms with Crippen LogP contribution in [0.3, 0.4) is 0 Å². The maximum absolute atomic E-state index is 7.06. The number of piperidine rings is 1. The van der Waals surface area contributed by atoms with Crippen LogP contribution in [0.5, 0.6) is 0 Å². The number of hydrogen-bond acceptors (Lipinski definition) is 2. The molecule has 3 nitrogen and oxygen atoms in total. The first-order chi connectivity index (χ1) is 6.92. The highest BCUT2D eigenvalue weighted by atomic mass is 15.2. The molecule has 0 radical (unpaired) electrons. The molecular formula is C11H13N3. The first kappa shape index (κ1) is 9.01. The van der Waals surface area contributed by atoms with Gasteiger partial charge in [-0.15, -0.1) is 0 Å². The quantitative estimate of drug-likeness (QED) is 0.630. The molecular weight excluding hydrogens is 174 g/mol. The Bertz CT molecular complexity index is 348. The first-order valence-corrected chi connectivity index (χ1v) is 4.99. The molecule has 2 heterocycles. The maximum atomic E-state index is 7.06. The third-order valence-corrected chi connectivity index (χ3v) is 2.54. The molecule has 0 N–H and O–H groups in total. The maximum Gasteiger partial charge on any atom is 0.228 e. The minimum absolute atomic E-state index is 0.675. The molecule has 1 aliphatic heterocycles. The van der Waals surface area contributed by atoms with Crippen LogP contribution in [-0.2, 0) is 0 Å². The molecule has 0 aliphatic carbocycles. The topological polar surface area (TPSA) is 20.5 Å². The SMILES string of the molecule is [C-]#[N+]c1cccnc1N1CCCCC1. The summed E-state index contributed by atoms with van der Waals surface area (Å²) >= 11 is 0. The molecule has 0 atom stereocenters. The molecule has 0 spiro atoms. The summed E-state index contributed by atoms with van der Waals surface area (Å²) in [5.41, 5.74) is 0.675. The van der Waals surface area contributed by atoms with Crippen LogP contribution < -0.4 is 4.90 Å². The van der Waals surface area contributed by atoms with Crippen molar-refractivity contribution in [2.24, 2.45) is 0 Å². The number of anilines is 1. The van der Waals surface area contributed by atoms with Crippen LogP contribution in [0.1, 0.15) is 19.3 Å². The van der Waals surface area contributed by atoms with Gasteiger partial charge in [0.05, 0.1) is 6.57 Å². The predicted octanol–water partition coefficient (Wildman–Crippen LogP) is 2.62. The van der Waals surface area contributed by atoms with Gasteiger partial charge in [0.15, 0.2) is 0 Å². The second-order valence-electron chi connectivity index (χ2n) is 3.51. The van der Waals surface area contributed by atoms with E-state index < -0.39 is 0 Å². The summed E-state index contributed by atoms with van der Waals surface area (Å²) in [5.74, 6) is 0.863. The fourth-order valence-corrected chi connectivity index (χ4v) is 1.83. The summed E-state index contributed by atoms with van der Waals surface area (Å²) in [6.45, 7) is 9.14. The lowest BCUT2D eigenvalue weighted by Crippen LogP contribution is -2.30. The Labute approximate surface area is 84.2 Å². The van der Waals surface area contributed by atoms with E-state index in [0.717, 1.165) is 18.9 Å². The van der Waals surface area contributed by atoms with Crippen LogP contribution in [0.15, 0.2) is 18.3 Å². The van der Waals surface area contributed by atoms with Gasteiger partial charge >= 0.3 is 0 Å². The largest absolute Gasteiger partial charge is 0.365 e. The van der Waals surface area contributed by atoms with Gasteiger partial charge in [0, 0.05) is 19.3 Å². The summed E-state index contributed by atoms with van der Waals surface area (Å²) in [6, 6.07) is 3.66. The van der Waals surface area contributed by atoms with Crippen molar-refractivity contribution in [2.45, 2.75) is 19.3 Å². The fraction of sp³-hybridized carbons (Fsp3) is 0.455. The molecule has 3 heteroatoms. The van der Waals surface area contributed by atoms with Crippen LogP contribution in [-0.4, -0.2) is 18.1 Å². The van der Waals surface area contributed by atoms with Crippen molar-refractivity contribution in [1.82, 2.24) is 4.98 Å². The highest BCUT2D eigenvalue weighted by Crippen LogP contribution is 2.27. The van der Waals surface area contributed by atoms with E-state index in [1.54, 1.807) is 6.20 Å². The minimum Gasteiger partial charge on any atom is -0.365 e. The summed E-state index contributed by atoms with van der Waals surface area (Å²) in [6.07, 6.45) is 5.50. The molecule has 0 amide bonds. The Morgan fingerprint density at radius 2 is 2.07 bits per heavy atom. The van der Waals surface area contributed by atoms with Gasteiger partial charge in [0.2, 0.25) is 5.69 Å². The van der Waals surface area contributed by atoms with Crippen molar-refractivity contribution in [1.29, 1.82) is 0 Å². The lowest BCUT2D eigenvalue weighted by molar-refractivity contribution is 0.574. The molecule has 0 saturated carbocycles. The van der Waals surface area contributed by atoms with Gasteiger partial charge < -0.3 is 4.90 Å². The summed E-state index contributed by atoms with van der Waals surface area (Å²) in [4.78, 5) is 10.00. The van der Waals surface area contributed by atoms with Crippen LogP contribution in [0.4, 0.5) is 11.5 Å². The van der Waals surface area contributed by atoms with E-state index >= 15 is 0 Å². The van der Waals surface area contributed by atoms with Crippen LogP contribution >= 0.6 is 0 Å². The third-order valence-electron chi connectivity index (χ3n) is 2.54. The van der Waals surface area contributed by atoms with Gasteiger partial charge in [-0.3, -0.25) is 4.98 Å². The molecule has 1 saturated heterocycles. The lowest BCUT2D eigenvalue weighted by Gasteiger charge is -2.28. The van der Waals surface area contributed by atoms with Gasteiger partial charge in [-0.2, -0.15) is 0 Å². The Morgan fingerprint density at radius 1 is 1.29 bits per heavy atom. The van der Waals surface area contributed by atoms with Crippen molar-refractivity contribution in [3.63, 3.8) is 0 Å². The molecule has 1 aliphatic rings. The molecule has 2 rings (SSSR count). The standard InChI is InChI=1S/C11H13N3/c1-12-10-6-5-7-13-11(10)14-8-3-2-4-9-14/h5-7H,2-4,8-9H2. The highest BCUT2D eigenvalue weighted by molar-refractivity contribution is 5.66. The van der Waals surface area contributed by atoms with E-state index in [0.29, 0.717) is 5.69 Å². The average Bonchev–Trinajstić information content (AvgIpc) is 2.30. The minimum atomic E-state index is 0.675. The van der Waals surface area contributed by atoms with Crippen LogP contribution in [0.25, 0.3) is 4.85 Å². The van der Waals surface area contributed by atoms with Crippen LogP contribution in [0, 0.1) is 6.57 Å². The zero-order valence-electron chi connectivity index (χ0n) is 8.11. The van der Waals surface area contributed by atoms with Crippen LogP contribution in [0.2, 0.25) is 0 Å². The number of hydrogen-bond donors (Lipinski definition) is 0. The normalized spacial score (nSPS) is 16.4. The lowest BCUT2D eigenvalue weighted by atomic mass is 10.1. The molecule has 72 valence electrons. The number of pyridine rings is 1. The van der Waals surface area contributed by atoms with Gasteiger partial charge in [0.25, 0.3) is 0 Å².